The summed E-state index contributed by atoms with van der Waals surface area (Å²) in [7, 11) is 2.99. The lowest BCUT2D eigenvalue weighted by Crippen LogP contribution is -2.21. The van der Waals surface area contributed by atoms with E-state index in [1.165, 1.54) is 32.2 Å². The second kappa shape index (κ2) is 15.2. The van der Waals surface area contributed by atoms with Crippen LogP contribution in [0.4, 0.5) is 11.4 Å². The number of Topliss-reactive ketones (excluding diaryl/α,β-unsaturated/α-hetero) is 1. The van der Waals surface area contributed by atoms with Gasteiger partial charge in [0.05, 0.1) is 19.9 Å². The molecular weight excluding hydrogens is 520 g/mol. The highest BCUT2D eigenvalue weighted by molar-refractivity contribution is 6.05. The van der Waals surface area contributed by atoms with Crippen LogP contribution >= 0.6 is 0 Å². The van der Waals surface area contributed by atoms with Gasteiger partial charge in [-0.3, -0.25) is 9.59 Å². The summed E-state index contributed by atoms with van der Waals surface area (Å²) in [6, 6.07) is 16.7. The minimum absolute atomic E-state index is 0.00683. The van der Waals surface area contributed by atoms with Crippen LogP contribution in [-0.2, 0) is 9.59 Å². The fraction of sp³-hybridized carbons (Fsp3) is 0.214. The summed E-state index contributed by atoms with van der Waals surface area (Å²) in [6.45, 7) is 3.04. The van der Waals surface area contributed by atoms with Crippen molar-refractivity contribution in [3.63, 3.8) is 0 Å². The van der Waals surface area contributed by atoms with Crippen LogP contribution in [-0.4, -0.2) is 56.2 Å². The van der Waals surface area contributed by atoms with Crippen LogP contribution in [0.2, 0.25) is 0 Å². The molecule has 6 N–H and O–H groups in total. The van der Waals surface area contributed by atoms with Gasteiger partial charge in [-0.1, -0.05) is 12.1 Å². The molecule has 0 atom stereocenters. The van der Waals surface area contributed by atoms with Crippen molar-refractivity contribution in [2.24, 2.45) is 16.5 Å². The number of benzene rings is 3. The van der Waals surface area contributed by atoms with Gasteiger partial charge in [0.2, 0.25) is 0 Å². The first kappa shape index (κ1) is 31.0. The first-order chi connectivity index (χ1) is 19.0. The number of nitrogens with one attached hydrogen (secondary N) is 1. The van der Waals surface area contributed by atoms with Gasteiger partial charge >= 0.3 is 5.97 Å². The number of nitrogens with zero attached hydrogens (tertiary/aromatic N) is 1. The van der Waals surface area contributed by atoms with Gasteiger partial charge in [-0.05, 0) is 61.9 Å². The molecule has 0 radical (unpaired) electrons. The van der Waals surface area contributed by atoms with Gasteiger partial charge in [-0.15, -0.1) is 0 Å². The summed E-state index contributed by atoms with van der Waals surface area (Å²) < 4.78 is 20.7. The SMILES string of the molecule is COc1cc(C)ccc1OCC(C)=O.COc1cc(NC(=O)c2cccc(N=C(N)N)c2)ccc1OCC(=O)O. The number of carbonyl (C=O) groups excluding carboxylic acids is 2. The van der Waals surface area contributed by atoms with E-state index in [1.54, 1.807) is 37.4 Å². The van der Waals surface area contributed by atoms with Crippen LogP contribution in [0.5, 0.6) is 23.0 Å². The number of nitrogens with two attached hydrogens (primary N) is 2. The number of ether oxygens (including phenoxy) is 4. The molecule has 212 valence electrons. The van der Waals surface area contributed by atoms with E-state index in [2.05, 4.69) is 10.3 Å². The summed E-state index contributed by atoms with van der Waals surface area (Å²) >= 11 is 0. The second-order valence-corrected chi connectivity index (χ2v) is 8.23. The third-order valence-corrected chi connectivity index (χ3v) is 4.89. The summed E-state index contributed by atoms with van der Waals surface area (Å²) in [5, 5.41) is 11.4. The minimum Gasteiger partial charge on any atom is -0.493 e. The molecule has 40 heavy (non-hydrogen) atoms. The number of carboxylic acid groups (broad SMARTS) is 1. The number of ketones is 1. The number of hydrogen-bond acceptors (Lipinski definition) is 8. The molecule has 0 heterocycles. The van der Waals surface area contributed by atoms with E-state index in [0.29, 0.717) is 34.2 Å². The van der Waals surface area contributed by atoms with Crippen LogP contribution in [0, 0.1) is 6.92 Å². The highest BCUT2D eigenvalue weighted by atomic mass is 16.5. The van der Waals surface area contributed by atoms with E-state index in [4.69, 9.17) is 35.5 Å². The smallest absolute Gasteiger partial charge is 0.341 e. The number of guanidine groups is 1. The van der Waals surface area contributed by atoms with Crippen molar-refractivity contribution in [3.8, 4) is 23.0 Å². The van der Waals surface area contributed by atoms with Crippen molar-refractivity contribution in [2.75, 3.05) is 32.8 Å². The molecule has 0 aliphatic carbocycles. The Morgan fingerprint density at radius 3 is 2.08 bits per heavy atom. The Balaban J connectivity index is 0.000000337. The number of aliphatic carboxylic acids is 1. The minimum atomic E-state index is -1.11. The zero-order valence-electron chi connectivity index (χ0n) is 22.6. The van der Waals surface area contributed by atoms with Crippen LogP contribution in [0.3, 0.4) is 0 Å². The molecule has 0 aliphatic heterocycles. The van der Waals surface area contributed by atoms with Gasteiger partial charge < -0.3 is 40.8 Å². The van der Waals surface area contributed by atoms with Gasteiger partial charge in [-0.2, -0.15) is 0 Å². The van der Waals surface area contributed by atoms with Crippen LogP contribution < -0.4 is 35.7 Å². The summed E-state index contributed by atoms with van der Waals surface area (Å²) in [4.78, 5) is 37.6. The van der Waals surface area contributed by atoms with E-state index >= 15 is 0 Å². The Bertz CT molecular complexity index is 1370. The molecule has 0 saturated heterocycles. The fourth-order valence-electron chi connectivity index (χ4n) is 3.15. The zero-order chi connectivity index (χ0) is 29.7. The molecule has 0 aromatic heterocycles. The third kappa shape index (κ3) is 10.2. The molecule has 0 fully saturated rings. The van der Waals surface area contributed by atoms with E-state index < -0.39 is 12.6 Å². The first-order valence-corrected chi connectivity index (χ1v) is 11.8. The number of aryl methyl sites for hydroxylation is 1. The molecule has 0 saturated carbocycles. The highest BCUT2D eigenvalue weighted by Crippen LogP contribution is 2.30. The van der Waals surface area contributed by atoms with Crippen molar-refractivity contribution in [1.29, 1.82) is 0 Å². The van der Waals surface area contributed by atoms with E-state index in [-0.39, 0.29) is 30.0 Å². The molecule has 0 spiro atoms. The van der Waals surface area contributed by atoms with Crippen molar-refractivity contribution in [1.82, 2.24) is 0 Å². The maximum Gasteiger partial charge on any atom is 0.341 e. The molecular formula is C28H32N4O8. The maximum absolute atomic E-state index is 12.4. The summed E-state index contributed by atoms with van der Waals surface area (Å²) in [5.41, 5.74) is 13.0. The predicted octanol–water partition coefficient (Wildman–Crippen LogP) is 3.29. The van der Waals surface area contributed by atoms with Gasteiger partial charge in [0, 0.05) is 17.3 Å². The lowest BCUT2D eigenvalue weighted by molar-refractivity contribution is -0.139. The number of methoxy groups -OCH3 is 2. The lowest BCUT2D eigenvalue weighted by Gasteiger charge is -2.12. The highest BCUT2D eigenvalue weighted by Gasteiger charge is 2.11. The Hall–Kier alpha value is -5.26. The molecule has 0 aliphatic rings. The molecule has 3 rings (SSSR count). The average molecular weight is 553 g/mol. The van der Waals surface area contributed by atoms with Crippen molar-refractivity contribution < 1.29 is 38.4 Å². The average Bonchev–Trinajstić information content (AvgIpc) is 2.91. The largest absolute Gasteiger partial charge is 0.493 e. The lowest BCUT2D eigenvalue weighted by atomic mass is 10.2. The van der Waals surface area contributed by atoms with Crippen LogP contribution in [0.15, 0.2) is 65.7 Å². The number of rotatable bonds is 11. The molecule has 12 heteroatoms. The van der Waals surface area contributed by atoms with E-state index in [1.807, 2.05) is 19.1 Å². The third-order valence-electron chi connectivity index (χ3n) is 4.89. The van der Waals surface area contributed by atoms with Crippen molar-refractivity contribution >= 4 is 35.0 Å². The van der Waals surface area contributed by atoms with E-state index in [9.17, 15) is 14.4 Å². The zero-order valence-corrected chi connectivity index (χ0v) is 22.6. The van der Waals surface area contributed by atoms with Gasteiger partial charge in [0.25, 0.3) is 5.91 Å². The normalized spacial score (nSPS) is 9.80. The Kier molecular flexibility index (Phi) is 11.8. The van der Waals surface area contributed by atoms with Gasteiger partial charge in [0.15, 0.2) is 41.3 Å². The Morgan fingerprint density at radius 2 is 1.48 bits per heavy atom. The number of amides is 1. The first-order valence-electron chi connectivity index (χ1n) is 11.8. The summed E-state index contributed by atoms with van der Waals surface area (Å²) in [6.07, 6.45) is 0. The van der Waals surface area contributed by atoms with Gasteiger partial charge in [0.1, 0.15) is 6.61 Å². The Labute approximate surface area is 231 Å². The van der Waals surface area contributed by atoms with Crippen molar-refractivity contribution in [3.05, 3.63) is 71.8 Å². The van der Waals surface area contributed by atoms with Crippen molar-refractivity contribution in [2.45, 2.75) is 13.8 Å². The number of anilines is 1. The molecule has 3 aromatic rings. The topological polar surface area (TPSA) is 185 Å². The molecule has 0 bridgehead atoms. The standard InChI is InChI=1S/C17H18N4O5.C11H14O3/c1-25-14-8-12(5-6-13(14)26-9-15(22)23)20-16(24)10-3-2-4-11(7-10)21-17(18)19;1-8-4-5-10(11(6-8)13-3)14-7-9(2)12/h2-8H,9H2,1H3,(H,20,24)(H,22,23)(H4,18,19,21);4-6H,7H2,1-3H3. The van der Waals surface area contributed by atoms with Crippen LogP contribution in [0.25, 0.3) is 0 Å². The number of carboxylic acids is 1. The van der Waals surface area contributed by atoms with E-state index in [0.717, 1.165) is 5.56 Å². The van der Waals surface area contributed by atoms with Crippen LogP contribution in [0.1, 0.15) is 22.8 Å². The molecule has 1 amide bonds. The molecule has 0 unspecified atom stereocenters. The predicted molar refractivity (Wildman–Crippen MR) is 150 cm³/mol. The number of carbonyl (C=O) groups is 3. The Morgan fingerprint density at radius 1 is 0.850 bits per heavy atom. The molecule has 3 aromatic carbocycles. The fourth-order valence-corrected chi connectivity index (χ4v) is 3.15. The maximum atomic E-state index is 12.4. The second-order valence-electron chi connectivity index (χ2n) is 8.23. The van der Waals surface area contributed by atoms with Gasteiger partial charge in [-0.25, -0.2) is 9.79 Å². The quantitative estimate of drug-likeness (QED) is 0.203. The number of aliphatic imine (C=N–C) groups is 1. The molecule has 12 nitrogen and oxygen atoms in total. The monoisotopic (exact) mass is 552 g/mol. The number of hydrogen-bond donors (Lipinski definition) is 4. The summed E-state index contributed by atoms with van der Waals surface area (Å²) in [5.74, 6) is 0.210.